The van der Waals surface area contributed by atoms with Gasteiger partial charge in [0.25, 0.3) is 0 Å². The summed E-state index contributed by atoms with van der Waals surface area (Å²) in [4.78, 5) is 102. The maximum absolute atomic E-state index is 15.3. The number of hydrogen-bond acceptors (Lipinski definition) is 16. The Hall–Kier alpha value is -5.21. The summed E-state index contributed by atoms with van der Waals surface area (Å²) in [6.45, 7) is 20.5. The fourth-order valence-corrected chi connectivity index (χ4v) is 16.3. The van der Waals surface area contributed by atoms with Gasteiger partial charge in [-0.1, -0.05) is 373 Å². The van der Waals surface area contributed by atoms with Crippen molar-refractivity contribution in [3.63, 3.8) is 0 Å². The number of benzene rings is 2. The van der Waals surface area contributed by atoms with E-state index in [1.54, 1.807) is 0 Å². The van der Waals surface area contributed by atoms with Crippen LogP contribution in [0.5, 0.6) is 0 Å². The van der Waals surface area contributed by atoms with Crippen LogP contribution in [0.25, 0.3) is 0 Å². The molecule has 3 rings (SSSR count). The average molecular weight is 1670 g/mol. The fraction of sp³-hybridized carbons (Fsp3) is 0.808. The molecule has 3 N–H and O–H groups in total. The maximum atomic E-state index is 15.3. The number of aliphatic hydroxyl groups excluding tert-OH is 1. The molecule has 19 heteroatoms. The van der Waals surface area contributed by atoms with Gasteiger partial charge in [0.15, 0.2) is 26.8 Å². The number of carbonyl (C=O) groups excluding carboxylic acids is 7. The normalized spacial score (nSPS) is 16.7. The Morgan fingerprint density at radius 3 is 1.17 bits per heavy atom. The van der Waals surface area contributed by atoms with Gasteiger partial charge in [-0.2, -0.15) is 0 Å². The number of hydrogen-bond donors (Lipinski definition) is 3. The van der Waals surface area contributed by atoms with Gasteiger partial charge in [-0.05, 0) is 99.9 Å². The molecular formula is C99H172N2O16Si. The first-order valence-corrected chi connectivity index (χ1v) is 51.2. The molecule has 0 saturated carbocycles. The van der Waals surface area contributed by atoms with Gasteiger partial charge in [0.2, 0.25) is 11.8 Å². The predicted molar refractivity (Wildman–Crippen MR) is 480 cm³/mol. The van der Waals surface area contributed by atoms with Crippen molar-refractivity contribution in [3.05, 3.63) is 71.8 Å². The number of carbonyl (C=O) groups is 7. The Morgan fingerprint density at radius 2 is 0.780 bits per heavy atom. The first kappa shape index (κ1) is 107. The van der Waals surface area contributed by atoms with E-state index >= 15 is 9.59 Å². The van der Waals surface area contributed by atoms with Crippen LogP contribution in [0, 0.1) is 0 Å². The molecule has 1 fully saturated rings. The highest BCUT2D eigenvalue weighted by atomic mass is 28.4. The Bertz CT molecular complexity index is 2840. The zero-order chi connectivity index (χ0) is 86.0. The molecule has 1 heterocycles. The van der Waals surface area contributed by atoms with E-state index < -0.39 is 106 Å². The number of aliphatic hydroxyl groups is 1. The van der Waals surface area contributed by atoms with Crippen molar-refractivity contribution in [2.24, 2.45) is 0 Å². The standard InChI is InChI=1S/C99H172N2O16Si/c1-11-16-21-26-31-34-39-45-58-69-83(113-90(104)72-61-48-37-29-24-19-14-4)75-88(102)100-86(97(109)110-78-82-67-56-52-57-68-82)79-111-98-94(101-89(103)76-84(70-59-46-40-35-32-27-22-17-12-2)114-91(105)73-63-50-43-42-44-53-64-81-65-54-51-55-66-81)96(95(108)87(116-98)80-112-118(9,10)99(6,7)8)117-93(107)77-85(71-60-47-41-36-33-28-23-18-13-3)115-92(106)74-62-49-38-30-25-20-15-5/h51-52,54-57,65-68,83-87,94-96,98,108H,11-50,53,58-64,69-80H2,1-10H3,(H,100,102)(H,101,103)/t83-,84-,85-,86-,87?,94?,95?,96?,98?/m1/s1. The van der Waals surface area contributed by atoms with Gasteiger partial charge in [-0.25, -0.2) is 4.79 Å². The monoisotopic (exact) mass is 1670 g/mol. The molecular weight excluding hydrogens is 1500 g/mol. The third-order valence-corrected chi connectivity index (χ3v) is 28.4. The summed E-state index contributed by atoms with van der Waals surface area (Å²) < 4.78 is 51.6. The summed E-state index contributed by atoms with van der Waals surface area (Å²) in [5.41, 5.74) is 2.03. The van der Waals surface area contributed by atoms with Crippen molar-refractivity contribution < 1.29 is 76.3 Å². The topological polar surface area (TPSA) is 238 Å². The van der Waals surface area contributed by atoms with E-state index in [0.29, 0.717) is 56.9 Å². The van der Waals surface area contributed by atoms with Gasteiger partial charge in [-0.3, -0.25) is 28.8 Å². The van der Waals surface area contributed by atoms with E-state index in [0.717, 1.165) is 186 Å². The van der Waals surface area contributed by atoms with Crippen molar-refractivity contribution in [1.29, 1.82) is 0 Å². The summed E-state index contributed by atoms with van der Waals surface area (Å²) in [6, 6.07) is 16.6. The lowest BCUT2D eigenvalue weighted by molar-refractivity contribution is -0.274. The van der Waals surface area contributed by atoms with Gasteiger partial charge < -0.3 is 53.3 Å². The highest BCUT2D eigenvalue weighted by molar-refractivity contribution is 6.74. The minimum Gasteiger partial charge on any atom is -0.462 e. The molecule has 0 spiro atoms. The summed E-state index contributed by atoms with van der Waals surface area (Å²) >= 11 is 0. The van der Waals surface area contributed by atoms with Gasteiger partial charge in [0, 0.05) is 19.3 Å². The average Bonchev–Trinajstić information content (AvgIpc) is 0.788. The summed E-state index contributed by atoms with van der Waals surface area (Å²) in [6.07, 6.45) is 42.6. The summed E-state index contributed by atoms with van der Waals surface area (Å²) in [5, 5.41) is 18.6. The lowest BCUT2D eigenvalue weighted by atomic mass is 9.95. The molecule has 0 aliphatic carbocycles. The van der Waals surface area contributed by atoms with Crippen LogP contribution in [0.3, 0.4) is 0 Å². The van der Waals surface area contributed by atoms with E-state index in [2.05, 4.69) is 103 Å². The van der Waals surface area contributed by atoms with Crippen LogP contribution in [0.15, 0.2) is 60.7 Å². The highest BCUT2D eigenvalue weighted by Crippen LogP contribution is 2.38. The van der Waals surface area contributed by atoms with Crippen molar-refractivity contribution >= 4 is 50.0 Å². The van der Waals surface area contributed by atoms with Crippen LogP contribution in [-0.4, -0.2) is 123 Å². The van der Waals surface area contributed by atoms with Crippen LogP contribution in [0.2, 0.25) is 18.1 Å². The van der Waals surface area contributed by atoms with E-state index in [1.165, 1.54) is 95.5 Å². The number of amides is 2. The lowest BCUT2D eigenvalue weighted by Crippen LogP contribution is -2.67. The second kappa shape index (κ2) is 69.2. The van der Waals surface area contributed by atoms with Crippen LogP contribution >= 0.6 is 0 Å². The molecule has 1 aliphatic heterocycles. The lowest BCUT2D eigenvalue weighted by Gasteiger charge is -2.45. The SMILES string of the molecule is CCCCCCCCCCC[C@H](CC(=O)NC1C(OC[C@@H](NC(=O)C[C@@H](CCCCCCCCCCC)OC(=O)CCCCCCCCC)C(=O)OCc2ccccc2)OC(CO[Si](C)(C)C(C)(C)C)C(O)C1OC(=O)C[C@@H](CCCCCCCCCCC)OC(=O)CCCCCCCCC)OC(=O)CCCCCCCCc1ccccc1. The van der Waals surface area contributed by atoms with Crippen LogP contribution in [0.1, 0.15) is 426 Å². The molecule has 18 nitrogen and oxygen atoms in total. The van der Waals surface area contributed by atoms with Gasteiger partial charge in [0.05, 0.1) is 32.5 Å². The van der Waals surface area contributed by atoms with E-state index in [-0.39, 0.29) is 62.7 Å². The minimum absolute atomic E-state index is 0.145. The molecule has 5 unspecified atom stereocenters. The van der Waals surface area contributed by atoms with E-state index in [4.69, 9.17) is 37.6 Å². The smallest absolute Gasteiger partial charge is 0.331 e. The second-order valence-electron chi connectivity index (χ2n) is 35.8. The molecule has 2 aromatic carbocycles. The summed E-state index contributed by atoms with van der Waals surface area (Å²) in [7, 11) is -2.62. The van der Waals surface area contributed by atoms with Gasteiger partial charge in [-0.15, -0.1) is 0 Å². The second-order valence-corrected chi connectivity index (χ2v) is 40.7. The minimum atomic E-state index is -2.62. The number of unbranched alkanes of at least 4 members (excludes halogenated alkanes) is 41. The summed E-state index contributed by atoms with van der Waals surface area (Å²) in [5.74, 6) is -3.99. The first-order valence-electron chi connectivity index (χ1n) is 48.3. The molecule has 678 valence electrons. The fourth-order valence-electron chi connectivity index (χ4n) is 15.3. The van der Waals surface area contributed by atoms with Crippen molar-refractivity contribution in [1.82, 2.24) is 10.6 Å². The number of esters is 5. The number of aryl methyl sites for hydroxylation is 1. The third-order valence-electron chi connectivity index (χ3n) is 23.9. The van der Waals surface area contributed by atoms with Crippen molar-refractivity contribution in [2.45, 2.75) is 501 Å². The van der Waals surface area contributed by atoms with Crippen LogP contribution < -0.4 is 10.6 Å². The molecule has 0 radical (unpaired) electrons. The molecule has 0 aromatic heterocycles. The largest absolute Gasteiger partial charge is 0.462 e. The Labute approximate surface area is 719 Å². The molecule has 2 amide bonds. The molecule has 9 atom stereocenters. The van der Waals surface area contributed by atoms with E-state index in [9.17, 15) is 29.1 Å². The predicted octanol–water partition coefficient (Wildman–Crippen LogP) is 24.7. The van der Waals surface area contributed by atoms with E-state index in [1.807, 2.05) is 36.4 Å². The first-order chi connectivity index (χ1) is 57.1. The quantitative estimate of drug-likeness (QED) is 0.0241. The molecule has 118 heavy (non-hydrogen) atoms. The highest BCUT2D eigenvalue weighted by Gasteiger charge is 2.51. The van der Waals surface area contributed by atoms with Crippen molar-refractivity contribution in [3.8, 4) is 0 Å². The Morgan fingerprint density at radius 1 is 0.432 bits per heavy atom. The Kier molecular flexibility index (Phi) is 62.8. The third kappa shape index (κ3) is 53.6. The Balaban J connectivity index is 2.17. The zero-order valence-electron chi connectivity index (χ0n) is 76.5. The van der Waals surface area contributed by atoms with Gasteiger partial charge in [0.1, 0.15) is 43.2 Å². The number of nitrogens with one attached hydrogen (secondary N) is 2. The number of rotatable bonds is 76. The van der Waals surface area contributed by atoms with Gasteiger partial charge >= 0.3 is 29.8 Å². The maximum Gasteiger partial charge on any atom is 0.331 e. The zero-order valence-corrected chi connectivity index (χ0v) is 77.5. The molecule has 0 bridgehead atoms. The van der Waals surface area contributed by atoms with Crippen molar-refractivity contribution in [2.75, 3.05) is 13.2 Å². The molecule has 1 saturated heterocycles. The number of ether oxygens (including phenoxy) is 7. The van der Waals surface area contributed by atoms with Crippen LogP contribution in [0.4, 0.5) is 0 Å². The molecule has 1 aliphatic rings. The van der Waals surface area contributed by atoms with Crippen LogP contribution in [-0.2, 0) is 84.2 Å². The molecule has 2 aromatic rings.